The third-order valence-corrected chi connectivity index (χ3v) is 8.07. The van der Waals surface area contributed by atoms with Crippen molar-refractivity contribution in [1.82, 2.24) is 0 Å². The number of ether oxygens (including phenoxy) is 1. The van der Waals surface area contributed by atoms with Crippen molar-refractivity contribution < 1.29 is 4.74 Å². The van der Waals surface area contributed by atoms with E-state index in [1.54, 1.807) is 0 Å². The standard InChI is InChI=1S/C35H52O/c1-3-5-7-11-30-14-18-33(19-15-30)22-23-34-20-16-31(17-21-34)12-8-9-13-32-24-26-35(27-25-32)29-36-28-10-6-4-2/h5,7,16-17,20-21,24-27,30,33H,3-4,6,8-15,18-19,22-23,28-29H2,1-2H3. The van der Waals surface area contributed by atoms with E-state index in [0.29, 0.717) is 0 Å². The average Bonchev–Trinajstić information content (AvgIpc) is 2.92. The molecular weight excluding hydrogens is 436 g/mol. The van der Waals surface area contributed by atoms with Gasteiger partial charge in [0.1, 0.15) is 0 Å². The zero-order valence-electron chi connectivity index (χ0n) is 23.4. The molecule has 1 nitrogen and oxygen atoms in total. The van der Waals surface area contributed by atoms with Crippen molar-refractivity contribution in [3.63, 3.8) is 0 Å². The Balaban J connectivity index is 1.25. The summed E-state index contributed by atoms with van der Waals surface area (Å²) in [4.78, 5) is 0. The van der Waals surface area contributed by atoms with Crippen molar-refractivity contribution in [1.29, 1.82) is 0 Å². The molecule has 3 rings (SSSR count). The molecule has 0 N–H and O–H groups in total. The maximum atomic E-state index is 5.78. The minimum absolute atomic E-state index is 0.748. The van der Waals surface area contributed by atoms with E-state index < -0.39 is 0 Å². The van der Waals surface area contributed by atoms with Crippen molar-refractivity contribution in [3.05, 3.63) is 82.9 Å². The normalized spacial score (nSPS) is 18.2. The maximum Gasteiger partial charge on any atom is 0.0716 e. The Hall–Kier alpha value is -1.86. The topological polar surface area (TPSA) is 9.23 Å². The highest BCUT2D eigenvalue weighted by atomic mass is 16.5. The lowest BCUT2D eigenvalue weighted by molar-refractivity contribution is 0.117. The van der Waals surface area contributed by atoms with Crippen LogP contribution >= 0.6 is 0 Å². The molecule has 0 radical (unpaired) electrons. The Labute approximate surface area is 222 Å². The fourth-order valence-electron chi connectivity index (χ4n) is 5.56. The Kier molecular flexibility index (Phi) is 14.0. The monoisotopic (exact) mass is 488 g/mol. The van der Waals surface area contributed by atoms with Crippen LogP contribution in [0.25, 0.3) is 0 Å². The van der Waals surface area contributed by atoms with Gasteiger partial charge >= 0.3 is 0 Å². The lowest BCUT2D eigenvalue weighted by atomic mass is 9.78. The Morgan fingerprint density at radius 2 is 1.19 bits per heavy atom. The highest BCUT2D eigenvalue weighted by Gasteiger charge is 2.20. The summed E-state index contributed by atoms with van der Waals surface area (Å²) in [6.07, 6.45) is 24.2. The van der Waals surface area contributed by atoms with Crippen LogP contribution in [0.1, 0.15) is 113 Å². The molecule has 1 saturated carbocycles. The fourth-order valence-corrected chi connectivity index (χ4v) is 5.56. The first-order chi connectivity index (χ1) is 17.8. The minimum atomic E-state index is 0.748. The minimum Gasteiger partial charge on any atom is -0.377 e. The second-order valence-corrected chi connectivity index (χ2v) is 11.1. The predicted molar refractivity (Wildman–Crippen MR) is 157 cm³/mol. The molecule has 1 fully saturated rings. The molecule has 1 heteroatoms. The Bertz CT molecular complexity index is 824. The third kappa shape index (κ3) is 11.5. The quantitative estimate of drug-likeness (QED) is 0.159. The van der Waals surface area contributed by atoms with Gasteiger partial charge in [-0.05, 0) is 105 Å². The molecule has 0 aromatic heterocycles. The van der Waals surface area contributed by atoms with Gasteiger partial charge in [0.25, 0.3) is 0 Å². The molecule has 0 spiro atoms. The van der Waals surface area contributed by atoms with Crippen molar-refractivity contribution in [3.8, 4) is 0 Å². The van der Waals surface area contributed by atoms with Gasteiger partial charge in [0.2, 0.25) is 0 Å². The van der Waals surface area contributed by atoms with Crippen molar-refractivity contribution >= 4 is 0 Å². The van der Waals surface area contributed by atoms with Crippen LogP contribution in [0, 0.1) is 11.8 Å². The van der Waals surface area contributed by atoms with Gasteiger partial charge in [-0.2, -0.15) is 0 Å². The maximum absolute atomic E-state index is 5.78. The molecule has 0 saturated heterocycles. The molecule has 0 aliphatic heterocycles. The first-order valence-electron chi connectivity index (χ1n) is 15.1. The van der Waals surface area contributed by atoms with Crippen molar-refractivity contribution in [2.45, 2.75) is 117 Å². The van der Waals surface area contributed by atoms with Crippen LogP contribution in [-0.2, 0) is 30.6 Å². The Morgan fingerprint density at radius 1 is 0.639 bits per heavy atom. The molecule has 2 aromatic rings. The lowest BCUT2D eigenvalue weighted by Crippen LogP contribution is -2.14. The summed E-state index contributed by atoms with van der Waals surface area (Å²) in [6, 6.07) is 18.6. The summed E-state index contributed by atoms with van der Waals surface area (Å²) in [7, 11) is 0. The van der Waals surface area contributed by atoms with Gasteiger partial charge in [0.15, 0.2) is 0 Å². The largest absolute Gasteiger partial charge is 0.377 e. The number of rotatable bonds is 17. The SMILES string of the molecule is CCC=CCC1CCC(CCc2ccc(CCCCc3ccc(COCCCCC)cc3)cc2)CC1. The van der Waals surface area contributed by atoms with Crippen LogP contribution < -0.4 is 0 Å². The van der Waals surface area contributed by atoms with E-state index in [4.69, 9.17) is 4.74 Å². The van der Waals surface area contributed by atoms with E-state index in [1.807, 2.05) is 0 Å². The smallest absolute Gasteiger partial charge is 0.0716 e. The van der Waals surface area contributed by atoms with Crippen LogP contribution in [0.15, 0.2) is 60.7 Å². The summed E-state index contributed by atoms with van der Waals surface area (Å²) in [5.74, 6) is 1.89. The highest BCUT2D eigenvalue weighted by molar-refractivity contribution is 5.24. The number of benzene rings is 2. The van der Waals surface area contributed by atoms with Crippen LogP contribution in [-0.4, -0.2) is 6.61 Å². The van der Waals surface area contributed by atoms with Gasteiger partial charge in [-0.25, -0.2) is 0 Å². The van der Waals surface area contributed by atoms with E-state index in [0.717, 1.165) is 25.0 Å². The number of hydrogen-bond donors (Lipinski definition) is 0. The average molecular weight is 489 g/mol. The van der Waals surface area contributed by atoms with Gasteiger partial charge in [-0.15, -0.1) is 0 Å². The third-order valence-electron chi connectivity index (χ3n) is 8.07. The molecule has 0 unspecified atom stereocenters. The zero-order chi connectivity index (χ0) is 25.3. The zero-order valence-corrected chi connectivity index (χ0v) is 23.4. The molecule has 0 amide bonds. The van der Waals surface area contributed by atoms with Gasteiger partial charge in [-0.1, -0.05) is 100 Å². The molecule has 0 bridgehead atoms. The first-order valence-corrected chi connectivity index (χ1v) is 15.1. The summed E-state index contributed by atoms with van der Waals surface area (Å²) in [5, 5.41) is 0. The van der Waals surface area contributed by atoms with Crippen LogP contribution in [0.4, 0.5) is 0 Å². The highest BCUT2D eigenvalue weighted by Crippen LogP contribution is 2.33. The van der Waals surface area contributed by atoms with Crippen LogP contribution in [0.3, 0.4) is 0 Å². The number of allylic oxidation sites excluding steroid dienone is 2. The van der Waals surface area contributed by atoms with E-state index in [2.05, 4.69) is 74.5 Å². The van der Waals surface area contributed by atoms with E-state index in [1.165, 1.54) is 119 Å². The molecular formula is C35H52O. The van der Waals surface area contributed by atoms with E-state index >= 15 is 0 Å². The predicted octanol–water partition coefficient (Wildman–Crippen LogP) is 10.1. The van der Waals surface area contributed by atoms with Gasteiger partial charge in [0.05, 0.1) is 6.61 Å². The van der Waals surface area contributed by atoms with Gasteiger partial charge < -0.3 is 4.74 Å². The fraction of sp³-hybridized carbons (Fsp3) is 0.600. The van der Waals surface area contributed by atoms with Crippen molar-refractivity contribution in [2.24, 2.45) is 11.8 Å². The summed E-state index contributed by atoms with van der Waals surface area (Å²) in [6.45, 7) is 6.09. The number of unbranched alkanes of at least 4 members (excludes halogenated alkanes) is 3. The van der Waals surface area contributed by atoms with E-state index in [9.17, 15) is 0 Å². The number of hydrogen-bond acceptors (Lipinski definition) is 1. The Morgan fingerprint density at radius 3 is 1.78 bits per heavy atom. The first kappa shape index (κ1) is 28.7. The molecule has 36 heavy (non-hydrogen) atoms. The molecule has 198 valence electrons. The van der Waals surface area contributed by atoms with Gasteiger partial charge in [-0.3, -0.25) is 0 Å². The molecule has 0 heterocycles. The molecule has 1 aliphatic rings. The van der Waals surface area contributed by atoms with Gasteiger partial charge in [0, 0.05) is 6.61 Å². The molecule has 2 aromatic carbocycles. The number of aryl methyl sites for hydroxylation is 3. The molecule has 0 atom stereocenters. The second-order valence-electron chi connectivity index (χ2n) is 11.1. The second kappa shape index (κ2) is 17.6. The lowest BCUT2D eigenvalue weighted by Gasteiger charge is -2.28. The molecule has 1 aliphatic carbocycles. The van der Waals surface area contributed by atoms with Crippen LogP contribution in [0.2, 0.25) is 0 Å². The summed E-state index contributed by atoms with van der Waals surface area (Å²) in [5.41, 5.74) is 5.77. The summed E-state index contributed by atoms with van der Waals surface area (Å²) < 4.78 is 5.78. The van der Waals surface area contributed by atoms with Crippen LogP contribution in [0.5, 0.6) is 0 Å². The summed E-state index contributed by atoms with van der Waals surface area (Å²) >= 11 is 0. The van der Waals surface area contributed by atoms with Crippen molar-refractivity contribution in [2.75, 3.05) is 6.61 Å². The van der Waals surface area contributed by atoms with E-state index in [-0.39, 0.29) is 0 Å².